The van der Waals surface area contributed by atoms with E-state index in [1.807, 2.05) is 49.0 Å². The number of hydrogen-bond acceptors (Lipinski definition) is 5. The average Bonchev–Trinajstić information content (AvgIpc) is 3.37. The maximum absolute atomic E-state index is 12.4. The minimum atomic E-state index is -0.0479. The Labute approximate surface area is 190 Å². The number of nitrogens with zero attached hydrogens (tertiary/aromatic N) is 3. The van der Waals surface area contributed by atoms with E-state index in [0.717, 1.165) is 32.8 Å². The minimum absolute atomic E-state index is 0.0479. The molecule has 158 valence electrons. The summed E-state index contributed by atoms with van der Waals surface area (Å²) in [6.45, 7) is 6.20. The van der Waals surface area contributed by atoms with E-state index in [0.29, 0.717) is 5.75 Å². The Morgan fingerprint density at radius 2 is 1.97 bits per heavy atom. The summed E-state index contributed by atoms with van der Waals surface area (Å²) in [7, 11) is 0. The predicted octanol–water partition coefficient (Wildman–Crippen LogP) is 5.73. The molecule has 0 fully saturated rings. The molecule has 4 rings (SSSR count). The fourth-order valence-electron chi connectivity index (χ4n) is 3.34. The van der Waals surface area contributed by atoms with Crippen molar-refractivity contribution >= 4 is 34.7 Å². The fourth-order valence-corrected chi connectivity index (χ4v) is 5.09. The highest BCUT2D eigenvalue weighted by atomic mass is 32.2. The number of anilines is 1. The van der Waals surface area contributed by atoms with Gasteiger partial charge in [0, 0.05) is 29.2 Å². The van der Waals surface area contributed by atoms with E-state index >= 15 is 0 Å². The van der Waals surface area contributed by atoms with Crippen molar-refractivity contribution in [2.24, 2.45) is 0 Å². The van der Waals surface area contributed by atoms with Crippen molar-refractivity contribution in [3.63, 3.8) is 0 Å². The van der Waals surface area contributed by atoms with Gasteiger partial charge in [-0.15, -0.1) is 11.3 Å². The van der Waals surface area contributed by atoms with Crippen LogP contribution in [-0.4, -0.2) is 20.4 Å². The molecule has 0 aliphatic rings. The number of hydrogen-bond donors (Lipinski definition) is 1. The first-order chi connectivity index (χ1) is 15.0. The standard InChI is InChI=1S/C24H24N4OS2/c1-16-8-9-21(18(3)12-16)28-11-10-25-24(28)31-15-19-14-30-23(26-19)13-22(29)27-20-7-5-4-6-17(20)2/h4-12,14H,13,15H2,1-3H3,(H,27,29). The number of nitrogens with one attached hydrogen (secondary N) is 1. The van der Waals surface area contributed by atoms with Gasteiger partial charge in [-0.05, 0) is 44.0 Å². The first-order valence-electron chi connectivity index (χ1n) is 10.0. The van der Waals surface area contributed by atoms with Crippen LogP contribution in [0, 0.1) is 20.8 Å². The molecule has 0 spiro atoms. The zero-order chi connectivity index (χ0) is 21.8. The zero-order valence-electron chi connectivity index (χ0n) is 17.8. The van der Waals surface area contributed by atoms with E-state index in [-0.39, 0.29) is 12.3 Å². The number of aryl methyl sites for hydroxylation is 3. The first kappa shape index (κ1) is 21.3. The van der Waals surface area contributed by atoms with Gasteiger partial charge in [0.05, 0.1) is 17.8 Å². The topological polar surface area (TPSA) is 59.8 Å². The van der Waals surface area contributed by atoms with Crippen LogP contribution in [0.5, 0.6) is 0 Å². The smallest absolute Gasteiger partial charge is 0.231 e. The highest BCUT2D eigenvalue weighted by Gasteiger charge is 2.12. The minimum Gasteiger partial charge on any atom is -0.325 e. The number of rotatable bonds is 7. The molecule has 1 amide bonds. The highest BCUT2D eigenvalue weighted by Crippen LogP contribution is 2.26. The molecule has 2 aromatic carbocycles. The summed E-state index contributed by atoms with van der Waals surface area (Å²) in [5, 5.41) is 6.74. The Kier molecular flexibility index (Phi) is 6.53. The number of thioether (sulfide) groups is 1. The van der Waals surface area contributed by atoms with Gasteiger partial charge in [0.2, 0.25) is 5.91 Å². The summed E-state index contributed by atoms with van der Waals surface area (Å²) in [6.07, 6.45) is 4.09. The predicted molar refractivity (Wildman–Crippen MR) is 128 cm³/mol. The third-order valence-corrected chi connectivity index (χ3v) is 6.80. The molecule has 0 saturated heterocycles. The second-order valence-electron chi connectivity index (χ2n) is 7.43. The number of carbonyl (C=O) groups is 1. The molecule has 2 heterocycles. The number of benzene rings is 2. The van der Waals surface area contributed by atoms with Crippen LogP contribution in [0.25, 0.3) is 5.69 Å². The highest BCUT2D eigenvalue weighted by molar-refractivity contribution is 7.98. The van der Waals surface area contributed by atoms with Crippen molar-refractivity contribution in [1.29, 1.82) is 0 Å². The van der Waals surface area contributed by atoms with Crippen LogP contribution in [0.3, 0.4) is 0 Å². The molecule has 7 heteroatoms. The molecule has 0 radical (unpaired) electrons. The van der Waals surface area contributed by atoms with Crippen LogP contribution in [0.15, 0.2) is 65.4 Å². The summed E-state index contributed by atoms with van der Waals surface area (Å²) in [4.78, 5) is 21.5. The summed E-state index contributed by atoms with van der Waals surface area (Å²) in [5.41, 5.74) is 6.46. The second-order valence-corrected chi connectivity index (χ2v) is 9.32. The lowest BCUT2D eigenvalue weighted by Gasteiger charge is -2.10. The first-order valence-corrected chi connectivity index (χ1v) is 11.9. The van der Waals surface area contributed by atoms with Gasteiger partial charge >= 0.3 is 0 Å². The Morgan fingerprint density at radius 3 is 2.77 bits per heavy atom. The van der Waals surface area contributed by atoms with Crippen molar-refractivity contribution in [2.45, 2.75) is 38.1 Å². The molecular formula is C24H24N4OS2. The summed E-state index contributed by atoms with van der Waals surface area (Å²) < 4.78 is 2.11. The molecule has 0 atom stereocenters. The molecule has 0 aliphatic heterocycles. The number of thiazole rings is 1. The van der Waals surface area contributed by atoms with Crippen molar-refractivity contribution in [3.8, 4) is 5.69 Å². The van der Waals surface area contributed by atoms with E-state index < -0.39 is 0 Å². The normalized spacial score (nSPS) is 10.9. The third-order valence-electron chi connectivity index (χ3n) is 4.90. The molecule has 1 N–H and O–H groups in total. The van der Waals surface area contributed by atoms with Crippen LogP contribution in [0.2, 0.25) is 0 Å². The number of imidazole rings is 1. The SMILES string of the molecule is Cc1ccc(-n2ccnc2SCc2csc(CC(=O)Nc3ccccc3C)n2)c(C)c1. The van der Waals surface area contributed by atoms with Gasteiger partial charge in [-0.3, -0.25) is 9.36 Å². The molecule has 0 saturated carbocycles. The average molecular weight is 449 g/mol. The molecule has 4 aromatic rings. The molecule has 31 heavy (non-hydrogen) atoms. The summed E-state index contributed by atoms with van der Waals surface area (Å²) >= 11 is 3.17. The van der Waals surface area contributed by atoms with Gasteiger partial charge in [-0.2, -0.15) is 0 Å². The Balaban J connectivity index is 1.38. The van der Waals surface area contributed by atoms with Gasteiger partial charge in [0.25, 0.3) is 0 Å². The van der Waals surface area contributed by atoms with Crippen LogP contribution in [0.4, 0.5) is 5.69 Å². The van der Waals surface area contributed by atoms with Gasteiger partial charge in [0.1, 0.15) is 5.01 Å². The van der Waals surface area contributed by atoms with Crippen LogP contribution in [0.1, 0.15) is 27.4 Å². The molecule has 0 bridgehead atoms. The van der Waals surface area contributed by atoms with E-state index in [4.69, 9.17) is 0 Å². The maximum atomic E-state index is 12.4. The van der Waals surface area contributed by atoms with Gasteiger partial charge in [0.15, 0.2) is 5.16 Å². The van der Waals surface area contributed by atoms with Crippen LogP contribution < -0.4 is 5.32 Å². The molecule has 2 aromatic heterocycles. The van der Waals surface area contributed by atoms with Gasteiger partial charge < -0.3 is 5.32 Å². The van der Waals surface area contributed by atoms with E-state index in [1.54, 1.807) is 11.8 Å². The zero-order valence-corrected chi connectivity index (χ0v) is 19.4. The van der Waals surface area contributed by atoms with Crippen LogP contribution >= 0.6 is 23.1 Å². The van der Waals surface area contributed by atoms with Crippen molar-refractivity contribution < 1.29 is 4.79 Å². The number of amides is 1. The molecule has 0 aliphatic carbocycles. The fraction of sp³-hybridized carbons (Fsp3) is 0.208. The molecule has 0 unspecified atom stereocenters. The largest absolute Gasteiger partial charge is 0.325 e. The van der Waals surface area contributed by atoms with E-state index in [9.17, 15) is 4.79 Å². The molecule has 5 nitrogen and oxygen atoms in total. The number of aromatic nitrogens is 3. The van der Waals surface area contributed by atoms with Gasteiger partial charge in [-0.1, -0.05) is 47.7 Å². The second kappa shape index (κ2) is 9.49. The van der Waals surface area contributed by atoms with E-state index in [1.165, 1.54) is 22.5 Å². The van der Waals surface area contributed by atoms with Crippen LogP contribution in [-0.2, 0) is 17.0 Å². The third kappa shape index (κ3) is 5.24. The van der Waals surface area contributed by atoms with Crippen molar-refractivity contribution in [2.75, 3.05) is 5.32 Å². The Bertz CT molecular complexity index is 1210. The monoisotopic (exact) mass is 448 g/mol. The number of para-hydroxylation sites is 1. The summed E-state index contributed by atoms with van der Waals surface area (Å²) in [6, 6.07) is 14.2. The van der Waals surface area contributed by atoms with E-state index in [2.05, 4.69) is 51.9 Å². The molecular weight excluding hydrogens is 424 g/mol. The quantitative estimate of drug-likeness (QED) is 0.367. The lowest BCUT2D eigenvalue weighted by molar-refractivity contribution is -0.115. The Morgan fingerprint density at radius 1 is 1.13 bits per heavy atom. The summed E-state index contributed by atoms with van der Waals surface area (Å²) in [5.74, 6) is 0.658. The number of carbonyl (C=O) groups excluding carboxylic acids is 1. The Hall–Kier alpha value is -2.90. The van der Waals surface area contributed by atoms with Gasteiger partial charge in [-0.25, -0.2) is 9.97 Å². The van der Waals surface area contributed by atoms with Crippen molar-refractivity contribution in [1.82, 2.24) is 14.5 Å². The maximum Gasteiger partial charge on any atom is 0.231 e. The lowest BCUT2D eigenvalue weighted by atomic mass is 10.1. The van der Waals surface area contributed by atoms with Crippen molar-refractivity contribution in [3.05, 3.63) is 87.6 Å². The lowest BCUT2D eigenvalue weighted by Crippen LogP contribution is -2.15.